The van der Waals surface area contributed by atoms with Crippen molar-refractivity contribution in [2.45, 2.75) is 26.3 Å². The number of hydrogen-bond donors (Lipinski definition) is 3. The minimum atomic E-state index is -0.984. The van der Waals surface area contributed by atoms with Gasteiger partial charge in [0.05, 0.1) is 5.56 Å². The molecule has 0 radical (unpaired) electrons. The van der Waals surface area contributed by atoms with Crippen molar-refractivity contribution in [3.63, 3.8) is 0 Å². The summed E-state index contributed by atoms with van der Waals surface area (Å²) in [5.74, 6) is 1.01. The van der Waals surface area contributed by atoms with Crippen LogP contribution < -0.4 is 10.6 Å². The Balaban J connectivity index is 2.08. The van der Waals surface area contributed by atoms with E-state index in [1.807, 2.05) is 18.7 Å². The van der Waals surface area contributed by atoms with Gasteiger partial charge in [0.1, 0.15) is 0 Å². The number of carbonyl (C=O) groups excluding carboxylic acids is 1. The van der Waals surface area contributed by atoms with Crippen LogP contribution in [0.3, 0.4) is 0 Å². The van der Waals surface area contributed by atoms with Crippen molar-refractivity contribution in [3.8, 4) is 0 Å². The van der Waals surface area contributed by atoms with Crippen LogP contribution in [-0.2, 0) is 0 Å². The maximum atomic E-state index is 11.9. The number of hydrogen-bond acceptors (Lipinski definition) is 3. The minimum absolute atomic E-state index is 0.200. The monoisotopic (exact) mass is 294 g/mol. The van der Waals surface area contributed by atoms with Gasteiger partial charge in [-0.2, -0.15) is 11.8 Å². The molecule has 1 aromatic carbocycles. The molecule has 5 nitrogen and oxygen atoms in total. The molecule has 1 saturated heterocycles. The summed E-state index contributed by atoms with van der Waals surface area (Å²) in [5, 5.41) is 14.7. The first kappa shape index (κ1) is 14.7. The van der Waals surface area contributed by atoms with E-state index in [1.54, 1.807) is 13.0 Å². The van der Waals surface area contributed by atoms with Gasteiger partial charge in [-0.15, -0.1) is 0 Å². The second kappa shape index (κ2) is 6.17. The third kappa shape index (κ3) is 3.45. The van der Waals surface area contributed by atoms with Crippen molar-refractivity contribution in [3.05, 3.63) is 28.8 Å². The van der Waals surface area contributed by atoms with E-state index in [4.69, 9.17) is 5.11 Å². The highest BCUT2D eigenvalue weighted by Crippen LogP contribution is 2.21. The number of urea groups is 1. The molecule has 1 aliphatic heterocycles. The standard InChI is InChI=1S/C14H18N2O3S/c1-8-5-11(6-12(9(8)2)13(17)18)16-14(19)15-10-3-4-20-7-10/h5-6,10H,3-4,7H2,1-2H3,(H,17,18)(H2,15,16,19). The molecule has 1 aromatic rings. The molecule has 0 spiro atoms. The van der Waals surface area contributed by atoms with Gasteiger partial charge in [-0.05, 0) is 49.3 Å². The van der Waals surface area contributed by atoms with Crippen molar-refractivity contribution in [2.75, 3.05) is 16.8 Å². The number of carbonyl (C=O) groups is 2. The van der Waals surface area contributed by atoms with Crippen LogP contribution in [0.15, 0.2) is 12.1 Å². The number of carboxylic acids is 1. The fourth-order valence-corrected chi connectivity index (χ4v) is 3.31. The van der Waals surface area contributed by atoms with E-state index in [1.165, 1.54) is 6.07 Å². The van der Waals surface area contributed by atoms with Crippen molar-refractivity contribution < 1.29 is 14.7 Å². The van der Waals surface area contributed by atoms with Gasteiger partial charge < -0.3 is 15.7 Å². The molecule has 1 atom stereocenters. The van der Waals surface area contributed by atoms with E-state index < -0.39 is 5.97 Å². The molecule has 2 amide bonds. The van der Waals surface area contributed by atoms with Gasteiger partial charge >= 0.3 is 12.0 Å². The third-order valence-corrected chi connectivity index (χ3v) is 4.58. The largest absolute Gasteiger partial charge is 0.478 e. The first-order valence-electron chi connectivity index (χ1n) is 6.47. The van der Waals surface area contributed by atoms with Gasteiger partial charge in [-0.3, -0.25) is 0 Å². The summed E-state index contributed by atoms with van der Waals surface area (Å²) < 4.78 is 0. The summed E-state index contributed by atoms with van der Waals surface area (Å²) in [7, 11) is 0. The summed E-state index contributed by atoms with van der Waals surface area (Å²) in [5.41, 5.74) is 2.29. The van der Waals surface area contributed by atoms with Crippen LogP contribution in [0.2, 0.25) is 0 Å². The number of anilines is 1. The van der Waals surface area contributed by atoms with Crippen molar-refractivity contribution in [2.24, 2.45) is 0 Å². The van der Waals surface area contributed by atoms with Crippen LogP contribution >= 0.6 is 11.8 Å². The summed E-state index contributed by atoms with van der Waals surface area (Å²) in [6.07, 6.45) is 0.978. The Morgan fingerprint density at radius 1 is 1.35 bits per heavy atom. The lowest BCUT2D eigenvalue weighted by atomic mass is 10.0. The van der Waals surface area contributed by atoms with Gasteiger partial charge in [0, 0.05) is 17.5 Å². The molecular formula is C14H18N2O3S. The van der Waals surface area contributed by atoms with Crippen LogP contribution in [0.5, 0.6) is 0 Å². The third-order valence-electron chi connectivity index (χ3n) is 3.42. The molecule has 6 heteroatoms. The van der Waals surface area contributed by atoms with Crippen LogP contribution in [0.1, 0.15) is 27.9 Å². The SMILES string of the molecule is Cc1cc(NC(=O)NC2CCSC2)cc(C(=O)O)c1C. The van der Waals surface area contributed by atoms with Crippen molar-refractivity contribution >= 4 is 29.4 Å². The Hall–Kier alpha value is -1.69. The van der Waals surface area contributed by atoms with E-state index in [9.17, 15) is 9.59 Å². The Kier molecular flexibility index (Phi) is 4.54. The number of amides is 2. The number of aryl methyl sites for hydroxylation is 1. The summed E-state index contributed by atoms with van der Waals surface area (Å²) in [6.45, 7) is 3.59. The van der Waals surface area contributed by atoms with E-state index in [2.05, 4.69) is 10.6 Å². The quantitative estimate of drug-likeness (QED) is 0.800. The molecule has 1 fully saturated rings. The molecule has 1 aliphatic rings. The number of benzene rings is 1. The number of rotatable bonds is 3. The fraction of sp³-hybridized carbons (Fsp3) is 0.429. The molecular weight excluding hydrogens is 276 g/mol. The molecule has 2 rings (SSSR count). The van der Waals surface area contributed by atoms with Gasteiger partial charge in [-0.25, -0.2) is 9.59 Å². The molecule has 0 aromatic heterocycles. The second-order valence-electron chi connectivity index (χ2n) is 4.93. The van der Waals surface area contributed by atoms with Crippen LogP contribution in [-0.4, -0.2) is 34.7 Å². The van der Waals surface area contributed by atoms with Crippen molar-refractivity contribution in [1.29, 1.82) is 0 Å². The first-order valence-corrected chi connectivity index (χ1v) is 7.62. The zero-order valence-corrected chi connectivity index (χ0v) is 12.3. The summed E-state index contributed by atoms with van der Waals surface area (Å²) in [4.78, 5) is 23.0. The zero-order valence-electron chi connectivity index (χ0n) is 11.5. The van der Waals surface area contributed by atoms with E-state index in [0.717, 1.165) is 29.1 Å². The van der Waals surface area contributed by atoms with Gasteiger partial charge in [0.2, 0.25) is 0 Å². The zero-order chi connectivity index (χ0) is 14.7. The molecule has 1 unspecified atom stereocenters. The highest BCUT2D eigenvalue weighted by molar-refractivity contribution is 7.99. The lowest BCUT2D eigenvalue weighted by molar-refractivity contribution is 0.0696. The first-order chi connectivity index (χ1) is 9.47. The number of nitrogens with one attached hydrogen (secondary N) is 2. The highest BCUT2D eigenvalue weighted by atomic mass is 32.2. The lowest BCUT2D eigenvalue weighted by Crippen LogP contribution is -2.37. The Morgan fingerprint density at radius 3 is 2.70 bits per heavy atom. The Bertz CT molecular complexity index is 539. The molecule has 3 N–H and O–H groups in total. The number of thioether (sulfide) groups is 1. The van der Waals surface area contributed by atoms with Gasteiger partial charge in [0.25, 0.3) is 0 Å². The molecule has 20 heavy (non-hydrogen) atoms. The highest BCUT2D eigenvalue weighted by Gasteiger charge is 2.18. The summed E-state index contributed by atoms with van der Waals surface area (Å²) in [6, 6.07) is 3.20. The second-order valence-corrected chi connectivity index (χ2v) is 6.08. The van der Waals surface area contributed by atoms with E-state index in [0.29, 0.717) is 5.69 Å². The molecule has 1 heterocycles. The smallest absolute Gasteiger partial charge is 0.336 e. The summed E-state index contributed by atoms with van der Waals surface area (Å²) >= 11 is 1.82. The lowest BCUT2D eigenvalue weighted by Gasteiger charge is -2.14. The van der Waals surface area contributed by atoms with E-state index in [-0.39, 0.29) is 17.6 Å². The molecule has 0 saturated carbocycles. The minimum Gasteiger partial charge on any atom is -0.478 e. The Labute approximate surface area is 122 Å². The predicted molar refractivity (Wildman–Crippen MR) is 80.8 cm³/mol. The van der Waals surface area contributed by atoms with Crippen LogP contribution in [0.25, 0.3) is 0 Å². The average molecular weight is 294 g/mol. The van der Waals surface area contributed by atoms with Crippen LogP contribution in [0.4, 0.5) is 10.5 Å². The molecule has 108 valence electrons. The average Bonchev–Trinajstić information content (AvgIpc) is 2.85. The maximum Gasteiger partial charge on any atom is 0.336 e. The topological polar surface area (TPSA) is 78.4 Å². The number of aromatic carboxylic acids is 1. The fourth-order valence-electron chi connectivity index (χ4n) is 2.15. The van der Waals surface area contributed by atoms with Crippen LogP contribution in [0, 0.1) is 13.8 Å². The normalized spacial score (nSPS) is 17.8. The molecule has 0 bridgehead atoms. The van der Waals surface area contributed by atoms with Gasteiger partial charge in [0.15, 0.2) is 0 Å². The Morgan fingerprint density at radius 2 is 2.10 bits per heavy atom. The van der Waals surface area contributed by atoms with Gasteiger partial charge in [-0.1, -0.05) is 0 Å². The van der Waals surface area contributed by atoms with Crippen molar-refractivity contribution in [1.82, 2.24) is 5.32 Å². The van der Waals surface area contributed by atoms with E-state index >= 15 is 0 Å². The molecule has 0 aliphatic carbocycles. The maximum absolute atomic E-state index is 11.9. The predicted octanol–water partition coefficient (Wildman–Crippen LogP) is 2.63. The number of carboxylic acid groups (broad SMARTS) is 1.